The second-order valence-corrected chi connectivity index (χ2v) is 4.02. The SMILES string of the molecule is COc1ncc(Nc2ccc(Br)nc2)cc1F. The highest BCUT2D eigenvalue weighted by Gasteiger charge is 2.05. The fourth-order valence-electron chi connectivity index (χ4n) is 1.26. The van der Waals surface area contributed by atoms with E-state index in [4.69, 9.17) is 4.74 Å². The molecule has 0 spiro atoms. The van der Waals surface area contributed by atoms with Gasteiger partial charge in [-0.2, -0.15) is 0 Å². The van der Waals surface area contributed by atoms with Gasteiger partial charge in [-0.1, -0.05) is 0 Å². The molecule has 0 aliphatic carbocycles. The first-order valence-corrected chi connectivity index (χ1v) is 5.56. The summed E-state index contributed by atoms with van der Waals surface area (Å²) in [6.45, 7) is 0. The molecule has 6 heteroatoms. The van der Waals surface area contributed by atoms with Gasteiger partial charge in [-0.3, -0.25) is 0 Å². The van der Waals surface area contributed by atoms with E-state index >= 15 is 0 Å². The number of hydrogen-bond donors (Lipinski definition) is 1. The molecule has 0 amide bonds. The highest BCUT2D eigenvalue weighted by molar-refractivity contribution is 9.10. The standard InChI is InChI=1S/C11H9BrFN3O/c1-17-11-9(13)4-8(6-15-11)16-7-2-3-10(12)14-5-7/h2-6,16H,1H3. The second kappa shape index (κ2) is 5.09. The zero-order chi connectivity index (χ0) is 12.3. The number of pyridine rings is 2. The van der Waals surface area contributed by atoms with Crippen LogP contribution in [0.5, 0.6) is 5.88 Å². The Morgan fingerprint density at radius 3 is 2.59 bits per heavy atom. The summed E-state index contributed by atoms with van der Waals surface area (Å²) in [6, 6.07) is 4.92. The van der Waals surface area contributed by atoms with Crippen LogP contribution in [0.15, 0.2) is 35.2 Å². The first kappa shape index (κ1) is 11.8. The summed E-state index contributed by atoms with van der Waals surface area (Å²) in [5.41, 5.74) is 1.28. The van der Waals surface area contributed by atoms with Gasteiger partial charge in [0.2, 0.25) is 5.88 Å². The van der Waals surface area contributed by atoms with Crippen LogP contribution in [0, 0.1) is 5.82 Å². The van der Waals surface area contributed by atoms with Gasteiger partial charge in [-0.25, -0.2) is 14.4 Å². The van der Waals surface area contributed by atoms with Crippen molar-refractivity contribution in [3.63, 3.8) is 0 Å². The van der Waals surface area contributed by atoms with Crippen LogP contribution in [0.4, 0.5) is 15.8 Å². The third-order valence-electron chi connectivity index (χ3n) is 2.02. The van der Waals surface area contributed by atoms with E-state index in [0.717, 1.165) is 10.3 Å². The molecule has 2 rings (SSSR count). The number of hydrogen-bond acceptors (Lipinski definition) is 4. The van der Waals surface area contributed by atoms with Crippen molar-refractivity contribution >= 4 is 27.3 Å². The Hall–Kier alpha value is -1.69. The zero-order valence-corrected chi connectivity index (χ0v) is 10.5. The van der Waals surface area contributed by atoms with Crippen LogP contribution >= 0.6 is 15.9 Å². The average Bonchev–Trinajstić information content (AvgIpc) is 2.32. The van der Waals surface area contributed by atoms with Gasteiger partial charge in [0.15, 0.2) is 5.82 Å². The summed E-state index contributed by atoms with van der Waals surface area (Å²) >= 11 is 3.23. The van der Waals surface area contributed by atoms with Crippen molar-refractivity contribution in [2.45, 2.75) is 0 Å². The Bertz CT molecular complexity index is 519. The highest BCUT2D eigenvalue weighted by atomic mass is 79.9. The lowest BCUT2D eigenvalue weighted by Crippen LogP contribution is -1.96. The fraction of sp³-hybridized carbons (Fsp3) is 0.0909. The molecule has 4 nitrogen and oxygen atoms in total. The molecule has 0 saturated carbocycles. The molecule has 2 aromatic rings. The summed E-state index contributed by atoms with van der Waals surface area (Å²) in [7, 11) is 1.37. The molecule has 0 atom stereocenters. The third-order valence-corrected chi connectivity index (χ3v) is 2.49. The molecule has 0 aliphatic heterocycles. The van der Waals surface area contributed by atoms with Gasteiger partial charge in [-0.05, 0) is 28.1 Å². The summed E-state index contributed by atoms with van der Waals surface area (Å²) in [5.74, 6) is -0.535. The number of aromatic nitrogens is 2. The number of halogens is 2. The summed E-state index contributed by atoms with van der Waals surface area (Å²) in [5, 5.41) is 2.98. The number of methoxy groups -OCH3 is 1. The van der Waals surface area contributed by atoms with Crippen molar-refractivity contribution in [2.75, 3.05) is 12.4 Å². The largest absolute Gasteiger partial charge is 0.479 e. The molecule has 0 radical (unpaired) electrons. The van der Waals surface area contributed by atoms with Gasteiger partial charge in [0.05, 0.1) is 30.9 Å². The molecule has 0 aliphatic rings. The predicted molar refractivity (Wildman–Crippen MR) is 66.0 cm³/mol. The maximum atomic E-state index is 13.4. The maximum Gasteiger partial charge on any atom is 0.250 e. The van der Waals surface area contributed by atoms with Gasteiger partial charge in [0.1, 0.15) is 4.60 Å². The van der Waals surface area contributed by atoms with Crippen LogP contribution in [-0.4, -0.2) is 17.1 Å². The van der Waals surface area contributed by atoms with Crippen LogP contribution in [0.3, 0.4) is 0 Å². The van der Waals surface area contributed by atoms with E-state index in [1.807, 2.05) is 6.07 Å². The fourth-order valence-corrected chi connectivity index (χ4v) is 1.49. The van der Waals surface area contributed by atoms with Gasteiger partial charge >= 0.3 is 0 Å². The van der Waals surface area contributed by atoms with Crippen LogP contribution in [0.1, 0.15) is 0 Å². The van der Waals surface area contributed by atoms with Gasteiger partial charge < -0.3 is 10.1 Å². The Labute approximate surface area is 106 Å². The molecule has 2 aromatic heterocycles. The number of nitrogens with one attached hydrogen (secondary N) is 1. The van der Waals surface area contributed by atoms with E-state index in [0.29, 0.717) is 5.69 Å². The summed E-state index contributed by atoms with van der Waals surface area (Å²) < 4.78 is 18.8. The molecule has 0 fully saturated rings. The van der Waals surface area contributed by atoms with E-state index in [9.17, 15) is 4.39 Å². The first-order valence-electron chi connectivity index (χ1n) is 4.77. The van der Waals surface area contributed by atoms with Crippen molar-refractivity contribution < 1.29 is 9.13 Å². The van der Waals surface area contributed by atoms with Crippen molar-refractivity contribution in [3.8, 4) is 5.88 Å². The van der Waals surface area contributed by atoms with Gasteiger partial charge in [-0.15, -0.1) is 0 Å². The van der Waals surface area contributed by atoms with Gasteiger partial charge in [0, 0.05) is 6.07 Å². The lowest BCUT2D eigenvalue weighted by Gasteiger charge is -2.07. The van der Waals surface area contributed by atoms with Crippen LogP contribution in [0.2, 0.25) is 0 Å². The number of nitrogens with zero attached hydrogens (tertiary/aromatic N) is 2. The Kier molecular flexibility index (Phi) is 3.53. The quantitative estimate of drug-likeness (QED) is 0.884. The normalized spacial score (nSPS) is 10.1. The molecule has 2 heterocycles. The first-order chi connectivity index (χ1) is 8.19. The van der Waals surface area contributed by atoms with Crippen LogP contribution < -0.4 is 10.1 Å². The van der Waals surface area contributed by atoms with E-state index in [-0.39, 0.29) is 5.88 Å². The molecule has 0 aromatic carbocycles. The summed E-state index contributed by atoms with van der Waals surface area (Å²) in [4.78, 5) is 7.87. The van der Waals surface area contributed by atoms with E-state index in [1.54, 1.807) is 12.3 Å². The minimum absolute atomic E-state index is 0.0236. The molecule has 0 saturated heterocycles. The Morgan fingerprint density at radius 1 is 1.24 bits per heavy atom. The Balaban J connectivity index is 2.19. The number of ether oxygens (including phenoxy) is 1. The molecule has 0 unspecified atom stereocenters. The smallest absolute Gasteiger partial charge is 0.250 e. The molecule has 1 N–H and O–H groups in total. The van der Waals surface area contributed by atoms with Crippen molar-refractivity contribution in [2.24, 2.45) is 0 Å². The molecule has 0 bridgehead atoms. The van der Waals surface area contributed by atoms with Crippen molar-refractivity contribution in [1.82, 2.24) is 9.97 Å². The number of rotatable bonds is 3. The van der Waals surface area contributed by atoms with Crippen molar-refractivity contribution in [3.05, 3.63) is 41.0 Å². The molecule has 17 heavy (non-hydrogen) atoms. The van der Waals surface area contributed by atoms with Crippen LogP contribution in [0.25, 0.3) is 0 Å². The minimum Gasteiger partial charge on any atom is -0.479 e. The lowest BCUT2D eigenvalue weighted by atomic mass is 10.3. The second-order valence-electron chi connectivity index (χ2n) is 3.21. The lowest BCUT2D eigenvalue weighted by molar-refractivity contribution is 0.369. The zero-order valence-electron chi connectivity index (χ0n) is 8.95. The third kappa shape index (κ3) is 2.91. The topological polar surface area (TPSA) is 47.0 Å². The van der Waals surface area contributed by atoms with Crippen LogP contribution in [-0.2, 0) is 0 Å². The van der Waals surface area contributed by atoms with Crippen molar-refractivity contribution in [1.29, 1.82) is 0 Å². The van der Waals surface area contributed by atoms with Gasteiger partial charge in [0.25, 0.3) is 0 Å². The highest BCUT2D eigenvalue weighted by Crippen LogP contribution is 2.21. The minimum atomic E-state index is -0.512. The molecular weight excluding hydrogens is 289 g/mol. The van der Waals surface area contributed by atoms with E-state index < -0.39 is 5.82 Å². The molecule has 88 valence electrons. The maximum absolute atomic E-state index is 13.4. The summed E-state index contributed by atoms with van der Waals surface area (Å²) in [6.07, 6.45) is 3.12. The molecular formula is C11H9BrFN3O. The Morgan fingerprint density at radius 2 is 2.00 bits per heavy atom. The van der Waals surface area contributed by atoms with E-state index in [2.05, 4.69) is 31.2 Å². The average molecular weight is 298 g/mol. The monoisotopic (exact) mass is 297 g/mol. The number of anilines is 2. The predicted octanol–water partition coefficient (Wildman–Crippen LogP) is 3.13. The van der Waals surface area contributed by atoms with E-state index in [1.165, 1.54) is 19.4 Å².